The number of thiophene rings is 1. The lowest BCUT2D eigenvalue weighted by Crippen LogP contribution is -2.00. The van der Waals surface area contributed by atoms with E-state index in [1.54, 1.807) is 18.2 Å². The Kier molecular flexibility index (Phi) is 3.61. The number of carbonyl (C=O) groups is 1. The van der Waals surface area contributed by atoms with Crippen molar-refractivity contribution in [2.24, 2.45) is 0 Å². The predicted octanol–water partition coefficient (Wildman–Crippen LogP) is 5.28. The molecular weight excluding hydrogens is 329 g/mol. The topological polar surface area (TPSA) is 50.2 Å². The van der Waals surface area contributed by atoms with Crippen LogP contribution in [0.4, 0.5) is 0 Å². The Balaban J connectivity index is 2.40. The van der Waals surface area contributed by atoms with Crippen LogP contribution in [0, 0.1) is 6.92 Å². The quantitative estimate of drug-likeness (QED) is 0.692. The Bertz CT molecular complexity index is 873. The van der Waals surface area contributed by atoms with Crippen molar-refractivity contribution in [1.82, 2.24) is 4.98 Å². The number of hydrogen-bond donors (Lipinski definition) is 1. The number of fused-ring (bicyclic) bond motifs is 1. The van der Waals surface area contributed by atoms with Gasteiger partial charge in [-0.2, -0.15) is 0 Å². The minimum Gasteiger partial charge on any atom is -0.478 e. The van der Waals surface area contributed by atoms with Gasteiger partial charge in [-0.15, -0.1) is 11.3 Å². The Morgan fingerprint density at radius 3 is 2.67 bits per heavy atom. The molecule has 0 aliphatic rings. The normalized spacial score (nSPS) is 11.0. The van der Waals surface area contributed by atoms with Gasteiger partial charge in [-0.05, 0) is 42.1 Å². The fourth-order valence-corrected chi connectivity index (χ4v) is 3.60. The van der Waals surface area contributed by atoms with Crippen molar-refractivity contribution in [2.75, 3.05) is 0 Å². The molecule has 1 N–H and O–H groups in total. The Morgan fingerprint density at radius 1 is 1.29 bits per heavy atom. The molecule has 0 saturated carbocycles. The lowest BCUT2D eigenvalue weighted by Gasteiger charge is -2.08. The molecule has 0 fully saturated rings. The van der Waals surface area contributed by atoms with E-state index in [1.165, 1.54) is 11.3 Å². The summed E-state index contributed by atoms with van der Waals surface area (Å²) in [6.07, 6.45) is 0. The zero-order valence-corrected chi connectivity index (χ0v) is 13.2. The van der Waals surface area contributed by atoms with Crippen LogP contribution in [0.25, 0.3) is 21.5 Å². The highest BCUT2D eigenvalue weighted by Crippen LogP contribution is 2.34. The predicted molar refractivity (Wildman–Crippen MR) is 86.8 cm³/mol. The first-order valence-corrected chi connectivity index (χ1v) is 7.68. The van der Waals surface area contributed by atoms with E-state index in [0.29, 0.717) is 26.6 Å². The number of halogens is 2. The molecule has 2 heterocycles. The Labute approximate surface area is 134 Å². The minimum absolute atomic E-state index is 0.146. The van der Waals surface area contributed by atoms with Crippen molar-refractivity contribution >= 4 is 51.4 Å². The van der Waals surface area contributed by atoms with Crippen molar-refractivity contribution in [1.29, 1.82) is 0 Å². The van der Waals surface area contributed by atoms with Gasteiger partial charge in [0.1, 0.15) is 0 Å². The Hall–Kier alpha value is -1.62. The number of rotatable bonds is 2. The number of aromatic nitrogens is 1. The van der Waals surface area contributed by atoms with Gasteiger partial charge in [-0.1, -0.05) is 23.2 Å². The summed E-state index contributed by atoms with van der Waals surface area (Å²) in [4.78, 5) is 17.0. The zero-order valence-electron chi connectivity index (χ0n) is 10.9. The molecule has 0 aliphatic carbocycles. The molecule has 0 spiro atoms. The third-order valence-electron chi connectivity index (χ3n) is 3.16. The molecule has 21 heavy (non-hydrogen) atoms. The average molecular weight is 338 g/mol. The van der Waals surface area contributed by atoms with Gasteiger partial charge in [-0.3, -0.25) is 0 Å². The summed E-state index contributed by atoms with van der Waals surface area (Å²) in [5.41, 5.74) is 2.25. The number of aromatic carboxylic acids is 1. The number of nitrogens with zero attached hydrogens (tertiary/aromatic N) is 1. The van der Waals surface area contributed by atoms with Crippen LogP contribution in [0.5, 0.6) is 0 Å². The average Bonchev–Trinajstić information content (AvgIpc) is 2.84. The molecule has 0 bridgehead atoms. The lowest BCUT2D eigenvalue weighted by atomic mass is 10.1. The number of carboxylic acids is 1. The number of hydrogen-bond acceptors (Lipinski definition) is 3. The molecule has 3 aromatic rings. The van der Waals surface area contributed by atoms with Crippen molar-refractivity contribution in [2.45, 2.75) is 6.92 Å². The standard InChI is InChI=1S/C15H9Cl2NO2S/c1-7-2-3-21-14(7)12-6-10(15(19)20)9-4-8(16)5-11(17)13(9)18-12/h2-6H,1H3,(H,19,20). The van der Waals surface area contributed by atoms with E-state index in [4.69, 9.17) is 23.2 Å². The molecule has 0 saturated heterocycles. The summed E-state index contributed by atoms with van der Waals surface area (Å²) >= 11 is 13.7. The third kappa shape index (κ3) is 2.50. The fraction of sp³-hybridized carbons (Fsp3) is 0.0667. The van der Waals surface area contributed by atoms with Gasteiger partial charge in [0.2, 0.25) is 0 Å². The van der Waals surface area contributed by atoms with E-state index in [1.807, 2.05) is 18.4 Å². The van der Waals surface area contributed by atoms with Crippen LogP contribution < -0.4 is 0 Å². The number of benzene rings is 1. The van der Waals surface area contributed by atoms with E-state index in [9.17, 15) is 9.90 Å². The molecule has 2 aromatic heterocycles. The van der Waals surface area contributed by atoms with Crippen molar-refractivity contribution < 1.29 is 9.90 Å². The second-order valence-corrected chi connectivity index (χ2v) is 6.34. The van der Waals surface area contributed by atoms with Gasteiger partial charge in [-0.25, -0.2) is 9.78 Å². The zero-order chi connectivity index (χ0) is 15.1. The monoisotopic (exact) mass is 337 g/mol. The summed E-state index contributed by atoms with van der Waals surface area (Å²) in [5, 5.41) is 12.6. The third-order valence-corrected chi connectivity index (χ3v) is 4.70. The molecule has 0 radical (unpaired) electrons. The van der Waals surface area contributed by atoms with Crippen LogP contribution in [-0.2, 0) is 0 Å². The maximum Gasteiger partial charge on any atom is 0.336 e. The number of carboxylic acid groups (broad SMARTS) is 1. The van der Waals surface area contributed by atoms with E-state index in [-0.39, 0.29) is 5.56 Å². The van der Waals surface area contributed by atoms with E-state index >= 15 is 0 Å². The molecular formula is C15H9Cl2NO2S. The van der Waals surface area contributed by atoms with Crippen LogP contribution in [-0.4, -0.2) is 16.1 Å². The summed E-state index contributed by atoms with van der Waals surface area (Å²) in [6, 6.07) is 6.67. The maximum absolute atomic E-state index is 11.5. The van der Waals surface area contributed by atoms with Crippen LogP contribution in [0.15, 0.2) is 29.6 Å². The first-order valence-electron chi connectivity index (χ1n) is 6.05. The summed E-state index contributed by atoms with van der Waals surface area (Å²) in [7, 11) is 0. The van der Waals surface area contributed by atoms with E-state index in [2.05, 4.69) is 4.98 Å². The number of aryl methyl sites for hydroxylation is 1. The van der Waals surface area contributed by atoms with Gasteiger partial charge in [0.15, 0.2) is 0 Å². The molecule has 6 heteroatoms. The largest absolute Gasteiger partial charge is 0.478 e. The molecule has 0 amide bonds. The Morgan fingerprint density at radius 2 is 2.05 bits per heavy atom. The minimum atomic E-state index is -1.03. The molecule has 0 unspecified atom stereocenters. The van der Waals surface area contributed by atoms with Crippen molar-refractivity contribution in [3.05, 3.63) is 50.8 Å². The molecule has 3 rings (SSSR count). The molecule has 106 valence electrons. The second-order valence-electron chi connectivity index (χ2n) is 4.58. The summed E-state index contributed by atoms with van der Waals surface area (Å²) < 4.78 is 0. The van der Waals surface area contributed by atoms with Crippen LogP contribution in [0.3, 0.4) is 0 Å². The first-order chi connectivity index (χ1) is 9.97. The highest BCUT2D eigenvalue weighted by molar-refractivity contribution is 7.13. The molecule has 0 aliphatic heterocycles. The second kappa shape index (κ2) is 5.30. The van der Waals surface area contributed by atoms with Gasteiger partial charge in [0.05, 0.1) is 26.7 Å². The summed E-state index contributed by atoms with van der Waals surface area (Å²) in [6.45, 7) is 1.96. The maximum atomic E-state index is 11.5. The number of pyridine rings is 1. The highest BCUT2D eigenvalue weighted by Gasteiger charge is 2.17. The van der Waals surface area contributed by atoms with E-state index < -0.39 is 5.97 Å². The van der Waals surface area contributed by atoms with Crippen molar-refractivity contribution in [3.63, 3.8) is 0 Å². The van der Waals surface area contributed by atoms with Crippen LogP contribution in [0.2, 0.25) is 10.0 Å². The fourth-order valence-electron chi connectivity index (χ4n) is 2.18. The van der Waals surface area contributed by atoms with Gasteiger partial charge >= 0.3 is 5.97 Å². The first kappa shape index (κ1) is 14.3. The van der Waals surface area contributed by atoms with Gasteiger partial charge in [0.25, 0.3) is 0 Å². The van der Waals surface area contributed by atoms with Crippen molar-refractivity contribution in [3.8, 4) is 10.6 Å². The smallest absolute Gasteiger partial charge is 0.336 e. The molecule has 3 nitrogen and oxygen atoms in total. The molecule has 0 atom stereocenters. The van der Waals surface area contributed by atoms with Crippen LogP contribution in [0.1, 0.15) is 15.9 Å². The van der Waals surface area contributed by atoms with Crippen LogP contribution >= 0.6 is 34.5 Å². The van der Waals surface area contributed by atoms with Gasteiger partial charge in [0, 0.05) is 10.4 Å². The van der Waals surface area contributed by atoms with Gasteiger partial charge < -0.3 is 5.11 Å². The highest BCUT2D eigenvalue weighted by atomic mass is 35.5. The summed E-state index contributed by atoms with van der Waals surface area (Å²) in [5.74, 6) is -1.03. The lowest BCUT2D eigenvalue weighted by molar-refractivity contribution is 0.0699. The van der Waals surface area contributed by atoms with E-state index in [0.717, 1.165) is 10.4 Å². The SMILES string of the molecule is Cc1ccsc1-c1cc(C(=O)O)c2cc(Cl)cc(Cl)c2n1. The molecule has 1 aromatic carbocycles.